The number of methoxy groups -OCH3 is 2. The minimum Gasteiger partial charge on any atom is -0.497 e. The summed E-state index contributed by atoms with van der Waals surface area (Å²) in [7, 11) is 5.01. The SMILES string of the molecule is COc1ccc(C(=O)N2CCc3c(cccc3OC(=O)CC(C)c3cc(OC)c4c(c3)nnn4C)C2)cc1. The third-order valence-electron chi connectivity index (χ3n) is 7.02. The Hall–Kier alpha value is -4.40. The highest BCUT2D eigenvalue weighted by atomic mass is 16.5. The molecule has 0 fully saturated rings. The molecule has 1 aliphatic rings. The van der Waals surface area contributed by atoms with Crippen LogP contribution in [0.1, 0.15) is 46.3 Å². The molecule has 2 heterocycles. The van der Waals surface area contributed by atoms with Crippen molar-refractivity contribution >= 4 is 22.9 Å². The van der Waals surface area contributed by atoms with E-state index in [-0.39, 0.29) is 24.2 Å². The molecule has 38 heavy (non-hydrogen) atoms. The fourth-order valence-electron chi connectivity index (χ4n) is 4.91. The molecule has 1 aromatic heterocycles. The second-order valence-electron chi connectivity index (χ2n) is 9.48. The number of benzene rings is 3. The largest absolute Gasteiger partial charge is 0.497 e. The lowest BCUT2D eigenvalue weighted by molar-refractivity contribution is -0.134. The molecule has 1 amide bonds. The summed E-state index contributed by atoms with van der Waals surface area (Å²) in [6.45, 7) is 2.97. The Morgan fingerprint density at radius 2 is 1.82 bits per heavy atom. The lowest BCUT2D eigenvalue weighted by Crippen LogP contribution is -2.36. The Labute approximate surface area is 220 Å². The quantitative estimate of drug-likeness (QED) is 0.268. The Morgan fingerprint density at radius 3 is 2.55 bits per heavy atom. The van der Waals surface area contributed by atoms with Crippen molar-refractivity contribution in [2.75, 3.05) is 20.8 Å². The molecule has 0 aliphatic carbocycles. The van der Waals surface area contributed by atoms with Gasteiger partial charge in [-0.25, -0.2) is 4.68 Å². The van der Waals surface area contributed by atoms with E-state index < -0.39 is 0 Å². The number of aryl methyl sites for hydroxylation is 1. The van der Waals surface area contributed by atoms with Gasteiger partial charge in [0.05, 0.1) is 20.6 Å². The van der Waals surface area contributed by atoms with Gasteiger partial charge in [0.15, 0.2) is 0 Å². The number of carbonyl (C=O) groups is 2. The molecular weight excluding hydrogens is 484 g/mol. The summed E-state index contributed by atoms with van der Waals surface area (Å²) in [6, 6.07) is 16.6. The number of fused-ring (bicyclic) bond motifs is 2. The average molecular weight is 515 g/mol. The standard InChI is InChI=1S/C29H30N4O5/c1-18(21-15-24-28(26(16-21)37-4)32(2)31-30-24)14-27(34)38-25-7-5-6-20-17-33(13-12-23(20)25)29(35)19-8-10-22(36-3)11-9-19/h5-11,15-16,18H,12-14,17H2,1-4H3. The minimum absolute atomic E-state index is 0.0370. The number of nitrogens with zero attached hydrogens (tertiary/aromatic N) is 4. The molecule has 0 bridgehead atoms. The second-order valence-corrected chi connectivity index (χ2v) is 9.48. The summed E-state index contributed by atoms with van der Waals surface area (Å²) >= 11 is 0. The number of hydrogen-bond acceptors (Lipinski definition) is 7. The van der Waals surface area contributed by atoms with Crippen molar-refractivity contribution in [3.63, 3.8) is 0 Å². The summed E-state index contributed by atoms with van der Waals surface area (Å²) in [5, 5.41) is 8.26. The van der Waals surface area contributed by atoms with Gasteiger partial charge in [-0.15, -0.1) is 5.10 Å². The van der Waals surface area contributed by atoms with Crippen molar-refractivity contribution in [2.45, 2.75) is 32.2 Å². The van der Waals surface area contributed by atoms with Gasteiger partial charge >= 0.3 is 5.97 Å². The maximum Gasteiger partial charge on any atom is 0.311 e. The summed E-state index contributed by atoms with van der Waals surface area (Å²) in [5.41, 5.74) is 5.01. The zero-order valence-electron chi connectivity index (χ0n) is 21.9. The van der Waals surface area contributed by atoms with E-state index in [1.54, 1.807) is 43.2 Å². The first kappa shape index (κ1) is 25.3. The van der Waals surface area contributed by atoms with Crippen LogP contribution >= 0.6 is 0 Å². The second kappa shape index (κ2) is 10.5. The number of esters is 1. The predicted octanol–water partition coefficient (Wildman–Crippen LogP) is 4.28. The molecular formula is C29H30N4O5. The summed E-state index contributed by atoms with van der Waals surface area (Å²) in [6.07, 6.45) is 0.803. The lowest BCUT2D eigenvalue weighted by atomic mass is 9.96. The molecule has 0 N–H and O–H groups in total. The van der Waals surface area contributed by atoms with E-state index in [4.69, 9.17) is 14.2 Å². The summed E-state index contributed by atoms with van der Waals surface area (Å²) in [4.78, 5) is 27.8. The van der Waals surface area contributed by atoms with Gasteiger partial charge in [0.25, 0.3) is 5.91 Å². The van der Waals surface area contributed by atoms with Gasteiger partial charge in [0.1, 0.15) is 28.3 Å². The van der Waals surface area contributed by atoms with Crippen molar-refractivity contribution in [1.29, 1.82) is 0 Å². The summed E-state index contributed by atoms with van der Waals surface area (Å²) < 4.78 is 18.2. The molecule has 0 saturated carbocycles. The van der Waals surface area contributed by atoms with Crippen LogP contribution in [0.15, 0.2) is 54.6 Å². The highest BCUT2D eigenvalue weighted by Crippen LogP contribution is 2.32. The van der Waals surface area contributed by atoms with Gasteiger partial charge in [0.2, 0.25) is 0 Å². The van der Waals surface area contributed by atoms with Crippen LogP contribution in [0.25, 0.3) is 11.0 Å². The van der Waals surface area contributed by atoms with Crippen LogP contribution < -0.4 is 14.2 Å². The fourth-order valence-corrected chi connectivity index (χ4v) is 4.91. The van der Waals surface area contributed by atoms with Gasteiger partial charge in [-0.05, 0) is 65.9 Å². The Kier molecular flexibility index (Phi) is 7.00. The minimum atomic E-state index is -0.319. The van der Waals surface area contributed by atoms with E-state index >= 15 is 0 Å². The molecule has 5 rings (SSSR count). The topological polar surface area (TPSA) is 95.8 Å². The van der Waals surface area contributed by atoms with E-state index in [2.05, 4.69) is 10.3 Å². The van der Waals surface area contributed by atoms with Gasteiger partial charge in [0, 0.05) is 31.3 Å². The van der Waals surface area contributed by atoms with Crippen molar-refractivity contribution < 1.29 is 23.8 Å². The zero-order valence-corrected chi connectivity index (χ0v) is 21.9. The molecule has 1 aliphatic heterocycles. The third kappa shape index (κ3) is 4.91. The van der Waals surface area contributed by atoms with Crippen LogP contribution in [0.3, 0.4) is 0 Å². The first-order valence-electron chi connectivity index (χ1n) is 12.5. The highest BCUT2D eigenvalue weighted by molar-refractivity contribution is 5.94. The van der Waals surface area contributed by atoms with E-state index in [1.807, 2.05) is 49.2 Å². The highest BCUT2D eigenvalue weighted by Gasteiger charge is 2.25. The monoisotopic (exact) mass is 514 g/mol. The van der Waals surface area contributed by atoms with Gasteiger partial charge in [-0.3, -0.25) is 9.59 Å². The summed E-state index contributed by atoms with van der Waals surface area (Å²) in [5.74, 6) is 1.46. The van der Waals surface area contributed by atoms with E-state index in [9.17, 15) is 9.59 Å². The van der Waals surface area contributed by atoms with Crippen LogP contribution in [0.5, 0.6) is 17.2 Å². The van der Waals surface area contributed by atoms with Gasteiger partial charge < -0.3 is 19.1 Å². The van der Waals surface area contributed by atoms with Crippen molar-refractivity contribution in [3.8, 4) is 17.2 Å². The van der Waals surface area contributed by atoms with E-state index in [0.29, 0.717) is 47.8 Å². The molecule has 9 heteroatoms. The Morgan fingerprint density at radius 1 is 1.03 bits per heavy atom. The average Bonchev–Trinajstić information content (AvgIpc) is 3.32. The molecule has 1 unspecified atom stereocenters. The van der Waals surface area contributed by atoms with Gasteiger partial charge in [-0.1, -0.05) is 24.3 Å². The number of amides is 1. The molecule has 3 aromatic carbocycles. The molecule has 4 aromatic rings. The van der Waals surface area contributed by atoms with Crippen LogP contribution in [0, 0.1) is 0 Å². The van der Waals surface area contributed by atoms with Crippen LogP contribution in [-0.4, -0.2) is 52.5 Å². The number of carbonyl (C=O) groups excluding carboxylic acids is 2. The fraction of sp³-hybridized carbons (Fsp3) is 0.310. The molecule has 1 atom stereocenters. The maximum atomic E-state index is 13.0. The molecule has 0 saturated heterocycles. The lowest BCUT2D eigenvalue weighted by Gasteiger charge is -2.30. The Bertz CT molecular complexity index is 1500. The third-order valence-corrected chi connectivity index (χ3v) is 7.02. The van der Waals surface area contributed by atoms with Crippen LogP contribution in [0.2, 0.25) is 0 Å². The maximum absolute atomic E-state index is 13.0. The van der Waals surface area contributed by atoms with E-state index in [0.717, 1.165) is 22.2 Å². The Balaban J connectivity index is 1.27. The number of hydrogen-bond donors (Lipinski definition) is 0. The zero-order chi connectivity index (χ0) is 26.8. The molecule has 0 spiro atoms. The van der Waals surface area contributed by atoms with E-state index in [1.165, 1.54) is 0 Å². The normalized spacial score (nSPS) is 13.6. The van der Waals surface area contributed by atoms with Crippen LogP contribution in [-0.2, 0) is 24.8 Å². The molecule has 196 valence electrons. The van der Waals surface area contributed by atoms with Gasteiger partial charge in [-0.2, -0.15) is 0 Å². The number of aromatic nitrogens is 3. The number of ether oxygens (including phenoxy) is 3. The molecule has 9 nitrogen and oxygen atoms in total. The number of rotatable bonds is 7. The van der Waals surface area contributed by atoms with Crippen LogP contribution in [0.4, 0.5) is 0 Å². The predicted molar refractivity (Wildman–Crippen MR) is 142 cm³/mol. The first-order chi connectivity index (χ1) is 18.4. The smallest absolute Gasteiger partial charge is 0.311 e. The van der Waals surface area contributed by atoms with Crippen molar-refractivity contribution in [2.24, 2.45) is 7.05 Å². The van der Waals surface area contributed by atoms with Crippen molar-refractivity contribution in [1.82, 2.24) is 19.9 Å². The van der Waals surface area contributed by atoms with Crippen molar-refractivity contribution in [3.05, 3.63) is 76.9 Å². The molecule has 0 radical (unpaired) electrons. The first-order valence-corrected chi connectivity index (χ1v) is 12.5.